The van der Waals surface area contributed by atoms with Gasteiger partial charge in [0.25, 0.3) is 0 Å². The summed E-state index contributed by atoms with van der Waals surface area (Å²) in [6.07, 6.45) is 0.826. The van der Waals surface area contributed by atoms with E-state index in [1.165, 1.54) is 0 Å². The van der Waals surface area contributed by atoms with Gasteiger partial charge in [0, 0.05) is 12.8 Å². The van der Waals surface area contributed by atoms with Crippen molar-refractivity contribution in [1.82, 2.24) is 0 Å². The van der Waals surface area contributed by atoms with Crippen molar-refractivity contribution >= 4 is 23.5 Å². The fourth-order valence-corrected chi connectivity index (χ4v) is 1.74. The average molecular weight is 315 g/mol. The summed E-state index contributed by atoms with van der Waals surface area (Å²) in [5.74, 6) is -0.105. The third-order valence-electron chi connectivity index (χ3n) is 2.51. The van der Waals surface area contributed by atoms with E-state index in [1.807, 2.05) is 6.07 Å². The maximum atomic E-state index is 11.4. The number of ether oxygens (including phenoxy) is 3. The Morgan fingerprint density at radius 2 is 1.71 bits per heavy atom. The van der Waals surface area contributed by atoms with Gasteiger partial charge in [0.05, 0.1) is 11.6 Å². The van der Waals surface area contributed by atoms with Gasteiger partial charge in [-0.2, -0.15) is 0 Å². The van der Waals surface area contributed by atoms with Crippen LogP contribution in [0.5, 0.6) is 5.75 Å². The Kier molecular flexibility index (Phi) is 8.28. The lowest BCUT2D eigenvalue weighted by atomic mass is 10.2. The topological polar surface area (TPSA) is 61.8 Å². The summed E-state index contributed by atoms with van der Waals surface area (Å²) in [6.45, 7) is 2.46. The van der Waals surface area contributed by atoms with Crippen LogP contribution in [0, 0.1) is 0 Å². The molecule has 0 aliphatic carbocycles. The zero-order valence-electron chi connectivity index (χ0n) is 12.0. The lowest BCUT2D eigenvalue weighted by Crippen LogP contribution is -2.13. The molecule has 21 heavy (non-hydrogen) atoms. The molecule has 1 aromatic carbocycles. The summed E-state index contributed by atoms with van der Waals surface area (Å²) in [4.78, 5) is 22.5. The Morgan fingerprint density at radius 3 is 2.38 bits per heavy atom. The summed E-state index contributed by atoms with van der Waals surface area (Å²) in [5, 5.41) is 0.512. The molecular weight excluding hydrogens is 296 g/mol. The van der Waals surface area contributed by atoms with Gasteiger partial charge in [-0.15, -0.1) is 0 Å². The molecule has 0 radical (unpaired) electrons. The van der Waals surface area contributed by atoms with Crippen LogP contribution < -0.4 is 4.74 Å². The summed E-state index contributed by atoms with van der Waals surface area (Å²) in [7, 11) is 0. The van der Waals surface area contributed by atoms with Crippen LogP contribution in [-0.2, 0) is 19.1 Å². The molecule has 0 amide bonds. The van der Waals surface area contributed by atoms with Crippen molar-refractivity contribution in [2.45, 2.75) is 26.2 Å². The minimum absolute atomic E-state index is 0.142. The first-order chi connectivity index (χ1) is 10.1. The highest BCUT2D eigenvalue weighted by Crippen LogP contribution is 2.22. The lowest BCUT2D eigenvalue weighted by Gasteiger charge is -2.08. The van der Waals surface area contributed by atoms with E-state index in [4.69, 9.17) is 25.8 Å². The van der Waals surface area contributed by atoms with E-state index in [1.54, 1.807) is 25.1 Å². The van der Waals surface area contributed by atoms with Gasteiger partial charge in [0.1, 0.15) is 19.0 Å². The summed E-state index contributed by atoms with van der Waals surface area (Å²) < 4.78 is 15.1. The molecular formula is C15H19ClO5. The fourth-order valence-electron chi connectivity index (χ4n) is 1.55. The minimum Gasteiger partial charge on any atom is -0.488 e. The monoisotopic (exact) mass is 314 g/mol. The molecule has 0 heterocycles. The van der Waals surface area contributed by atoms with Crippen molar-refractivity contribution in [2.75, 3.05) is 19.8 Å². The maximum absolute atomic E-state index is 11.4. The quantitative estimate of drug-likeness (QED) is 0.518. The van der Waals surface area contributed by atoms with Crippen LogP contribution >= 0.6 is 11.6 Å². The standard InChI is InChI=1S/C15H19ClO5/c1-2-19-14(17)8-5-9-15(18)21-11-10-20-13-7-4-3-6-12(13)16/h3-4,6-7H,2,5,8-11H2,1H3. The molecule has 0 aliphatic heterocycles. The van der Waals surface area contributed by atoms with Gasteiger partial charge in [0.15, 0.2) is 0 Å². The molecule has 0 spiro atoms. The highest BCUT2D eigenvalue weighted by atomic mass is 35.5. The Balaban J connectivity index is 2.08. The van der Waals surface area contributed by atoms with Gasteiger partial charge < -0.3 is 14.2 Å². The van der Waals surface area contributed by atoms with Crippen LogP contribution in [0.15, 0.2) is 24.3 Å². The lowest BCUT2D eigenvalue weighted by molar-refractivity contribution is -0.145. The first kappa shape index (κ1) is 17.3. The van der Waals surface area contributed by atoms with Gasteiger partial charge in [-0.25, -0.2) is 0 Å². The summed E-state index contributed by atoms with van der Waals surface area (Å²) in [5.41, 5.74) is 0. The second-order valence-electron chi connectivity index (χ2n) is 4.16. The van der Waals surface area contributed by atoms with Crippen LogP contribution in [0.3, 0.4) is 0 Å². The van der Waals surface area contributed by atoms with Crippen molar-refractivity contribution in [2.24, 2.45) is 0 Å². The van der Waals surface area contributed by atoms with Gasteiger partial charge in [-0.1, -0.05) is 23.7 Å². The molecule has 0 unspecified atom stereocenters. The smallest absolute Gasteiger partial charge is 0.305 e. The second kappa shape index (κ2) is 10.0. The van der Waals surface area contributed by atoms with Crippen molar-refractivity contribution in [3.05, 3.63) is 29.3 Å². The number of hydrogen-bond donors (Lipinski definition) is 0. The normalized spacial score (nSPS) is 10.0. The summed E-state index contributed by atoms with van der Waals surface area (Å²) >= 11 is 5.91. The van der Waals surface area contributed by atoms with E-state index >= 15 is 0 Å². The van der Waals surface area contributed by atoms with Crippen LogP contribution in [-0.4, -0.2) is 31.8 Å². The zero-order chi connectivity index (χ0) is 15.5. The number of esters is 2. The predicted octanol–water partition coefficient (Wildman–Crippen LogP) is 3.00. The van der Waals surface area contributed by atoms with Gasteiger partial charge in [0.2, 0.25) is 0 Å². The third-order valence-corrected chi connectivity index (χ3v) is 2.82. The summed E-state index contributed by atoms with van der Waals surface area (Å²) in [6, 6.07) is 7.07. The predicted molar refractivity (Wildman–Crippen MR) is 78.4 cm³/mol. The highest BCUT2D eigenvalue weighted by molar-refractivity contribution is 6.32. The Bertz CT molecular complexity index is 461. The molecule has 116 valence electrons. The number of carbonyl (C=O) groups is 2. The van der Waals surface area contributed by atoms with E-state index in [0.717, 1.165) is 0 Å². The molecule has 5 nitrogen and oxygen atoms in total. The molecule has 0 N–H and O–H groups in total. The third kappa shape index (κ3) is 7.56. The average Bonchev–Trinajstić information content (AvgIpc) is 2.45. The zero-order valence-corrected chi connectivity index (χ0v) is 12.7. The molecule has 1 aromatic rings. The van der Waals surface area contributed by atoms with Crippen LogP contribution in [0.1, 0.15) is 26.2 Å². The Labute approximate surface area is 129 Å². The molecule has 0 saturated heterocycles. The van der Waals surface area contributed by atoms with E-state index in [0.29, 0.717) is 23.8 Å². The van der Waals surface area contributed by atoms with E-state index < -0.39 is 0 Å². The SMILES string of the molecule is CCOC(=O)CCCC(=O)OCCOc1ccccc1Cl. The van der Waals surface area contributed by atoms with E-state index in [2.05, 4.69) is 0 Å². The maximum Gasteiger partial charge on any atom is 0.305 e. The van der Waals surface area contributed by atoms with Gasteiger partial charge in [-0.05, 0) is 25.5 Å². The van der Waals surface area contributed by atoms with Crippen molar-refractivity contribution in [1.29, 1.82) is 0 Å². The molecule has 0 bridgehead atoms. The van der Waals surface area contributed by atoms with Crippen molar-refractivity contribution in [3.63, 3.8) is 0 Å². The van der Waals surface area contributed by atoms with E-state index in [-0.39, 0.29) is 38.0 Å². The molecule has 6 heteroatoms. The molecule has 0 aromatic heterocycles. The van der Waals surface area contributed by atoms with Crippen molar-refractivity contribution < 1.29 is 23.8 Å². The van der Waals surface area contributed by atoms with E-state index in [9.17, 15) is 9.59 Å². The fraction of sp³-hybridized carbons (Fsp3) is 0.467. The molecule has 0 atom stereocenters. The highest BCUT2D eigenvalue weighted by Gasteiger charge is 2.07. The number of halogens is 1. The Morgan fingerprint density at radius 1 is 1.05 bits per heavy atom. The number of hydrogen-bond acceptors (Lipinski definition) is 5. The number of rotatable bonds is 9. The van der Waals surface area contributed by atoms with Crippen LogP contribution in [0.2, 0.25) is 5.02 Å². The van der Waals surface area contributed by atoms with Crippen LogP contribution in [0.4, 0.5) is 0 Å². The number of benzene rings is 1. The number of para-hydroxylation sites is 1. The van der Waals surface area contributed by atoms with Gasteiger partial charge in [-0.3, -0.25) is 9.59 Å². The largest absolute Gasteiger partial charge is 0.488 e. The minimum atomic E-state index is -0.359. The first-order valence-corrected chi connectivity index (χ1v) is 7.20. The molecule has 0 fully saturated rings. The van der Waals surface area contributed by atoms with Crippen molar-refractivity contribution in [3.8, 4) is 5.75 Å². The Hall–Kier alpha value is -1.75. The van der Waals surface area contributed by atoms with Crippen LogP contribution in [0.25, 0.3) is 0 Å². The molecule has 1 rings (SSSR count). The molecule has 0 saturated carbocycles. The van der Waals surface area contributed by atoms with Gasteiger partial charge >= 0.3 is 11.9 Å². The first-order valence-electron chi connectivity index (χ1n) is 6.82. The number of carbonyl (C=O) groups excluding carboxylic acids is 2. The molecule has 0 aliphatic rings. The second-order valence-corrected chi connectivity index (χ2v) is 4.57.